The van der Waals surface area contributed by atoms with Crippen LogP contribution in [0.2, 0.25) is 0 Å². The van der Waals surface area contributed by atoms with Gasteiger partial charge in [-0.25, -0.2) is 9.18 Å². The van der Waals surface area contributed by atoms with E-state index in [2.05, 4.69) is 31.1 Å². The molecule has 2 amide bonds. The highest BCUT2D eigenvalue weighted by molar-refractivity contribution is 9.10. The quantitative estimate of drug-likeness (QED) is 0.382. The Bertz CT molecular complexity index is 1240. The molecule has 2 atom stereocenters. The first-order chi connectivity index (χ1) is 18.0. The molecule has 4 fully saturated rings. The molecule has 2 bridgehead atoms. The van der Waals surface area contributed by atoms with E-state index in [0.29, 0.717) is 24.8 Å². The summed E-state index contributed by atoms with van der Waals surface area (Å²) in [7, 11) is 0. The monoisotopic (exact) mass is 594 g/mol. The Kier molecular flexibility index (Phi) is 7.48. The van der Waals surface area contributed by atoms with Crippen LogP contribution in [-0.4, -0.2) is 48.6 Å². The summed E-state index contributed by atoms with van der Waals surface area (Å²) < 4.78 is 54.7. The Labute approximate surface area is 226 Å². The molecule has 6 rings (SSSR count). The Balaban J connectivity index is 1.35. The van der Waals surface area contributed by atoms with Crippen molar-refractivity contribution in [3.05, 3.63) is 69.4 Å². The number of nitrogens with one attached hydrogen (secondary N) is 2. The number of fused-ring (bicyclic) bond motifs is 3. The average molecular weight is 595 g/mol. The second-order valence-electron chi connectivity index (χ2n) is 10.6. The normalized spacial score (nSPS) is 24.8. The van der Waals surface area contributed by atoms with E-state index in [1.54, 1.807) is 0 Å². The highest BCUT2D eigenvalue weighted by atomic mass is 79.9. The van der Waals surface area contributed by atoms with Gasteiger partial charge in [-0.3, -0.25) is 4.79 Å². The standard InChI is InChI=1S/C28H28BrF4N3O2/c29-21-4-1-17(2-5-21)13-24(25(37)34-15-19-16-36-11-7-18(19)8-12-36)35-26(38)27(9-10-27)22-6-3-20(14-23(22)30)28(31,32)33/h1-6,14-15,18-19,24H,7-13,16H2,(H,35,38)/p+1/t19?,24-/m0/s1. The van der Waals surface area contributed by atoms with Gasteiger partial charge < -0.3 is 10.2 Å². The first-order valence-electron chi connectivity index (χ1n) is 12.8. The third-order valence-electron chi connectivity index (χ3n) is 8.12. The summed E-state index contributed by atoms with van der Waals surface area (Å²) in [6, 6.07) is 8.69. The molecular weight excluding hydrogens is 566 g/mol. The molecule has 38 heavy (non-hydrogen) atoms. The number of amides is 2. The third kappa shape index (κ3) is 5.71. The molecule has 5 nitrogen and oxygen atoms in total. The van der Waals surface area contributed by atoms with E-state index in [1.807, 2.05) is 30.5 Å². The largest absolute Gasteiger partial charge is 0.416 e. The van der Waals surface area contributed by atoms with E-state index in [1.165, 1.54) is 0 Å². The zero-order chi connectivity index (χ0) is 27.1. The van der Waals surface area contributed by atoms with Crippen LogP contribution in [0, 0.1) is 17.7 Å². The maximum Gasteiger partial charge on any atom is 0.416 e. The molecule has 2 aromatic rings. The molecule has 0 spiro atoms. The van der Waals surface area contributed by atoms with Crippen molar-refractivity contribution in [3.8, 4) is 0 Å². The van der Waals surface area contributed by atoms with Gasteiger partial charge in [0.25, 0.3) is 0 Å². The molecule has 0 radical (unpaired) electrons. The first kappa shape index (κ1) is 27.0. The summed E-state index contributed by atoms with van der Waals surface area (Å²) in [6.07, 6.45) is 0.136. The van der Waals surface area contributed by atoms with E-state index >= 15 is 0 Å². The first-order valence-corrected chi connectivity index (χ1v) is 13.6. The van der Waals surface area contributed by atoms with E-state index < -0.39 is 34.9 Å². The molecule has 3 saturated heterocycles. The van der Waals surface area contributed by atoms with Gasteiger partial charge in [-0.1, -0.05) is 34.1 Å². The lowest BCUT2D eigenvalue weighted by Gasteiger charge is -2.42. The Morgan fingerprint density at radius 1 is 1.13 bits per heavy atom. The minimum Gasteiger partial charge on any atom is -0.339 e. The summed E-state index contributed by atoms with van der Waals surface area (Å²) in [6.45, 7) is 3.05. The minimum atomic E-state index is -4.68. The van der Waals surface area contributed by atoms with E-state index in [0.717, 1.165) is 54.6 Å². The van der Waals surface area contributed by atoms with Crippen LogP contribution < -0.4 is 10.3 Å². The molecule has 1 saturated carbocycles. The lowest BCUT2D eigenvalue weighted by atomic mass is 9.80. The van der Waals surface area contributed by atoms with Crippen molar-refractivity contribution in [1.82, 2.24) is 10.2 Å². The fraction of sp³-hybridized carbons (Fsp3) is 0.464. The zero-order valence-electron chi connectivity index (χ0n) is 20.7. The number of hydrogen-bond acceptors (Lipinski definition) is 3. The highest BCUT2D eigenvalue weighted by Gasteiger charge is 2.54. The van der Waals surface area contributed by atoms with Gasteiger partial charge >= 0.3 is 12.1 Å². The smallest absolute Gasteiger partial charge is 0.339 e. The van der Waals surface area contributed by atoms with Crippen LogP contribution in [0.5, 0.6) is 0 Å². The second kappa shape index (κ2) is 10.5. The van der Waals surface area contributed by atoms with Crippen molar-refractivity contribution in [3.63, 3.8) is 0 Å². The zero-order valence-corrected chi connectivity index (χ0v) is 22.2. The van der Waals surface area contributed by atoms with Gasteiger partial charge in [-0.15, -0.1) is 0 Å². The van der Waals surface area contributed by atoms with Crippen molar-refractivity contribution in [2.75, 3.05) is 19.6 Å². The highest BCUT2D eigenvalue weighted by Crippen LogP contribution is 2.50. The molecule has 1 unspecified atom stereocenters. The molecule has 3 aliphatic heterocycles. The van der Waals surface area contributed by atoms with E-state index in [-0.39, 0.29) is 23.8 Å². The number of piperidine rings is 3. The molecule has 2 aromatic carbocycles. The van der Waals surface area contributed by atoms with Crippen molar-refractivity contribution >= 4 is 34.0 Å². The molecule has 0 aromatic heterocycles. The average Bonchev–Trinajstić information content (AvgIpc) is 3.70. The Hall–Kier alpha value is -2.59. The Morgan fingerprint density at radius 2 is 1.82 bits per heavy atom. The van der Waals surface area contributed by atoms with Crippen LogP contribution >= 0.6 is 15.9 Å². The number of benzene rings is 2. The Morgan fingerprint density at radius 3 is 2.37 bits per heavy atom. The van der Waals surface area contributed by atoms with Crippen molar-refractivity contribution in [2.24, 2.45) is 11.8 Å². The van der Waals surface area contributed by atoms with Crippen LogP contribution in [-0.2, 0) is 27.6 Å². The summed E-state index contributed by atoms with van der Waals surface area (Å²) in [4.78, 5) is 32.0. The summed E-state index contributed by atoms with van der Waals surface area (Å²) >= 11 is 3.39. The SMILES string of the molecule is O=C([NH+]=CC1CN2CCC1CC2)[C@H](Cc1ccc(Br)cc1)NC(=O)C1(c2ccc(C(F)(F)F)cc2F)CC1. The number of nitrogens with zero attached hydrogens (tertiary/aromatic N) is 1. The van der Waals surface area contributed by atoms with Gasteiger partial charge in [0.1, 0.15) is 5.82 Å². The molecule has 3 heterocycles. The molecule has 2 N–H and O–H groups in total. The summed E-state index contributed by atoms with van der Waals surface area (Å²) in [5.74, 6) is -1.24. The predicted octanol–water partition coefficient (Wildman–Crippen LogP) is 3.39. The van der Waals surface area contributed by atoms with Gasteiger partial charge in [0, 0.05) is 23.0 Å². The molecule has 4 aliphatic rings. The third-order valence-corrected chi connectivity index (χ3v) is 8.65. The van der Waals surface area contributed by atoms with Gasteiger partial charge in [-0.2, -0.15) is 18.2 Å². The lowest BCUT2D eigenvalue weighted by molar-refractivity contribution is -0.378. The fourth-order valence-corrected chi connectivity index (χ4v) is 5.94. The lowest BCUT2D eigenvalue weighted by Crippen LogP contribution is -2.80. The summed E-state index contributed by atoms with van der Waals surface area (Å²) in [5.41, 5.74) is -1.65. The maximum atomic E-state index is 14.8. The maximum absolute atomic E-state index is 14.8. The van der Waals surface area contributed by atoms with Crippen LogP contribution in [0.4, 0.5) is 17.6 Å². The van der Waals surface area contributed by atoms with Crippen LogP contribution in [0.3, 0.4) is 0 Å². The minimum absolute atomic E-state index is 0.0790. The number of carbonyl (C=O) groups is 2. The van der Waals surface area contributed by atoms with Crippen molar-refractivity contribution < 1.29 is 32.1 Å². The number of carbonyl (C=O) groups excluding carboxylic acids is 2. The molecule has 1 aliphatic carbocycles. The van der Waals surface area contributed by atoms with Gasteiger partial charge in [0.15, 0.2) is 12.3 Å². The predicted molar refractivity (Wildman–Crippen MR) is 137 cm³/mol. The van der Waals surface area contributed by atoms with E-state index in [9.17, 15) is 27.2 Å². The van der Waals surface area contributed by atoms with Gasteiger partial charge in [0.2, 0.25) is 5.91 Å². The number of halogens is 5. The second-order valence-corrected chi connectivity index (χ2v) is 11.5. The fourth-order valence-electron chi connectivity index (χ4n) is 5.67. The molecule has 10 heteroatoms. The van der Waals surface area contributed by atoms with Crippen LogP contribution in [0.1, 0.15) is 42.4 Å². The van der Waals surface area contributed by atoms with Gasteiger partial charge in [-0.05, 0) is 74.5 Å². The van der Waals surface area contributed by atoms with Crippen molar-refractivity contribution in [1.29, 1.82) is 0 Å². The van der Waals surface area contributed by atoms with Crippen molar-refractivity contribution in [2.45, 2.75) is 49.7 Å². The topological polar surface area (TPSA) is 63.4 Å². The number of rotatable bonds is 7. The molecular formula is C28H29BrF4N3O2+. The number of hydrogen-bond donors (Lipinski definition) is 2. The van der Waals surface area contributed by atoms with Crippen LogP contribution in [0.25, 0.3) is 0 Å². The van der Waals surface area contributed by atoms with Crippen LogP contribution in [0.15, 0.2) is 46.9 Å². The summed E-state index contributed by atoms with van der Waals surface area (Å²) in [5, 5.41) is 2.79. The van der Waals surface area contributed by atoms with E-state index in [4.69, 9.17) is 0 Å². The molecule has 202 valence electrons. The van der Waals surface area contributed by atoms with Gasteiger partial charge in [0.05, 0.1) is 16.9 Å². The number of alkyl halides is 3.